The average molecular weight is 494 g/mol. The quantitative estimate of drug-likeness (QED) is 0.589. The molecule has 2 aromatic rings. The van der Waals surface area contributed by atoms with Crippen molar-refractivity contribution in [3.8, 4) is 17.0 Å². The molecule has 2 aliphatic heterocycles. The number of benzene rings is 1. The van der Waals surface area contributed by atoms with Crippen molar-refractivity contribution in [2.75, 3.05) is 38.0 Å². The lowest BCUT2D eigenvalue weighted by Gasteiger charge is -2.35. The lowest BCUT2D eigenvalue weighted by atomic mass is 10.0. The Balaban J connectivity index is 1.37. The topological polar surface area (TPSA) is 102 Å². The Kier molecular flexibility index (Phi) is 7.46. The molecule has 8 nitrogen and oxygen atoms in total. The molecule has 0 saturated carbocycles. The number of halogens is 3. The van der Waals surface area contributed by atoms with Gasteiger partial charge in [-0.05, 0) is 69.0 Å². The van der Waals surface area contributed by atoms with E-state index in [9.17, 15) is 28.2 Å². The summed E-state index contributed by atoms with van der Waals surface area (Å²) < 4.78 is 38.6. The third-order valence-electron chi connectivity index (χ3n) is 6.60. The predicted molar refractivity (Wildman–Crippen MR) is 124 cm³/mol. The molecule has 4 rings (SSSR count). The van der Waals surface area contributed by atoms with Crippen molar-refractivity contribution in [3.63, 3.8) is 0 Å². The third kappa shape index (κ3) is 6.21. The van der Waals surface area contributed by atoms with Crippen LogP contribution in [0.15, 0.2) is 24.3 Å². The standard InChI is InChI=1S/C24H30F3N5O3/c1-15-11-21(29-30-23(15)19-5-4-16(12-20(19)34)24(25,26)27)28-17-3-2-8-31(13-17)14-22(35)32-9-6-18(33)7-10-32/h4-5,11-12,17-18,33-34H,2-3,6-10,13-14H2,1H3,(H,28,29)/t17-/m1/s1. The van der Waals surface area contributed by atoms with E-state index in [4.69, 9.17) is 0 Å². The SMILES string of the molecule is Cc1cc(N[C@@H]2CCCN(CC(=O)N3CCC(O)CC3)C2)nnc1-c1ccc(C(F)(F)F)cc1O. The predicted octanol–water partition coefficient (Wildman–Crippen LogP) is 3.04. The van der Waals surface area contributed by atoms with Crippen molar-refractivity contribution < 1.29 is 28.2 Å². The number of alkyl halides is 3. The number of likely N-dealkylation sites (tertiary alicyclic amines) is 2. The minimum absolute atomic E-state index is 0.0683. The Bertz CT molecular complexity index is 1060. The number of amides is 1. The van der Waals surface area contributed by atoms with Gasteiger partial charge < -0.3 is 20.4 Å². The highest BCUT2D eigenvalue weighted by Gasteiger charge is 2.31. The highest BCUT2D eigenvalue weighted by molar-refractivity contribution is 5.78. The maximum atomic E-state index is 12.9. The van der Waals surface area contributed by atoms with Crippen LogP contribution in [0, 0.1) is 6.92 Å². The monoisotopic (exact) mass is 493 g/mol. The van der Waals surface area contributed by atoms with E-state index in [1.807, 2.05) is 4.90 Å². The lowest BCUT2D eigenvalue weighted by molar-refractivity contribution is -0.137. The van der Waals surface area contributed by atoms with E-state index in [0.29, 0.717) is 62.2 Å². The normalized spacial score (nSPS) is 20.1. The molecule has 0 radical (unpaired) electrons. The summed E-state index contributed by atoms with van der Waals surface area (Å²) in [4.78, 5) is 16.6. The second-order valence-electron chi connectivity index (χ2n) is 9.32. The molecule has 35 heavy (non-hydrogen) atoms. The smallest absolute Gasteiger partial charge is 0.416 e. The van der Waals surface area contributed by atoms with E-state index in [2.05, 4.69) is 20.4 Å². The average Bonchev–Trinajstić information content (AvgIpc) is 2.79. The van der Waals surface area contributed by atoms with Gasteiger partial charge in [-0.2, -0.15) is 13.2 Å². The van der Waals surface area contributed by atoms with Crippen molar-refractivity contribution in [2.45, 2.75) is 50.9 Å². The van der Waals surface area contributed by atoms with Gasteiger partial charge in [0, 0.05) is 31.2 Å². The first kappa shape index (κ1) is 25.2. The highest BCUT2D eigenvalue weighted by atomic mass is 19.4. The van der Waals surface area contributed by atoms with Crippen LogP contribution in [-0.2, 0) is 11.0 Å². The van der Waals surface area contributed by atoms with Crippen LogP contribution < -0.4 is 5.32 Å². The molecule has 1 aromatic heterocycles. The molecule has 1 amide bonds. The van der Waals surface area contributed by atoms with Gasteiger partial charge in [0.15, 0.2) is 0 Å². The summed E-state index contributed by atoms with van der Waals surface area (Å²) in [6.45, 7) is 4.77. The summed E-state index contributed by atoms with van der Waals surface area (Å²) in [5.74, 6) is 0.100. The second kappa shape index (κ2) is 10.4. The van der Waals surface area contributed by atoms with Gasteiger partial charge in [0.05, 0.1) is 23.9 Å². The highest BCUT2D eigenvalue weighted by Crippen LogP contribution is 2.36. The van der Waals surface area contributed by atoms with Crippen LogP contribution in [-0.4, -0.2) is 81.0 Å². The molecule has 3 heterocycles. The fraction of sp³-hybridized carbons (Fsp3) is 0.542. The first-order valence-corrected chi connectivity index (χ1v) is 11.8. The Hall–Kier alpha value is -2.92. The number of nitrogens with zero attached hydrogens (tertiary/aromatic N) is 4. The Labute approximate surface area is 201 Å². The molecule has 2 fully saturated rings. The minimum Gasteiger partial charge on any atom is -0.507 e. The summed E-state index contributed by atoms with van der Waals surface area (Å²) in [6, 6.07) is 4.61. The number of piperidine rings is 2. The van der Waals surface area contributed by atoms with Crippen LogP contribution in [0.5, 0.6) is 5.75 Å². The van der Waals surface area contributed by atoms with E-state index in [1.54, 1.807) is 13.0 Å². The summed E-state index contributed by atoms with van der Waals surface area (Å²) in [5, 5.41) is 31.5. The summed E-state index contributed by atoms with van der Waals surface area (Å²) in [6.07, 6.45) is -1.79. The van der Waals surface area contributed by atoms with Gasteiger partial charge in [-0.25, -0.2) is 0 Å². The number of aromatic hydroxyl groups is 1. The molecule has 0 bridgehead atoms. The van der Waals surface area contributed by atoms with Crippen molar-refractivity contribution in [1.82, 2.24) is 20.0 Å². The van der Waals surface area contributed by atoms with Crippen molar-refractivity contribution in [3.05, 3.63) is 35.4 Å². The van der Waals surface area contributed by atoms with Crippen LogP contribution in [0.1, 0.15) is 36.8 Å². The number of anilines is 1. The van der Waals surface area contributed by atoms with E-state index in [-0.39, 0.29) is 23.6 Å². The minimum atomic E-state index is -4.54. The van der Waals surface area contributed by atoms with E-state index in [0.717, 1.165) is 25.5 Å². The second-order valence-corrected chi connectivity index (χ2v) is 9.32. The van der Waals surface area contributed by atoms with Gasteiger partial charge in [-0.3, -0.25) is 9.69 Å². The van der Waals surface area contributed by atoms with Gasteiger partial charge in [0.1, 0.15) is 11.6 Å². The maximum absolute atomic E-state index is 12.9. The molecule has 11 heteroatoms. The van der Waals surface area contributed by atoms with Gasteiger partial charge in [-0.15, -0.1) is 10.2 Å². The molecular formula is C24H30F3N5O3. The van der Waals surface area contributed by atoms with Crippen molar-refractivity contribution in [2.24, 2.45) is 0 Å². The first-order chi connectivity index (χ1) is 16.6. The number of carbonyl (C=O) groups is 1. The summed E-state index contributed by atoms with van der Waals surface area (Å²) in [5.41, 5.74) is 0.222. The van der Waals surface area contributed by atoms with E-state index in [1.165, 1.54) is 6.07 Å². The largest absolute Gasteiger partial charge is 0.507 e. The maximum Gasteiger partial charge on any atom is 0.416 e. The number of phenolic OH excluding ortho intramolecular Hbond substituents is 1. The van der Waals surface area contributed by atoms with Gasteiger partial charge >= 0.3 is 6.18 Å². The Morgan fingerprint density at radius 2 is 1.89 bits per heavy atom. The molecule has 190 valence electrons. The molecule has 0 spiro atoms. The number of hydrogen-bond donors (Lipinski definition) is 3. The summed E-state index contributed by atoms with van der Waals surface area (Å²) >= 11 is 0. The molecule has 1 aromatic carbocycles. The Morgan fingerprint density at radius 1 is 1.14 bits per heavy atom. The molecule has 3 N–H and O–H groups in total. The summed E-state index contributed by atoms with van der Waals surface area (Å²) in [7, 11) is 0. The fourth-order valence-electron chi connectivity index (χ4n) is 4.66. The number of carbonyl (C=O) groups excluding carboxylic acids is 1. The first-order valence-electron chi connectivity index (χ1n) is 11.8. The van der Waals surface area contributed by atoms with Crippen molar-refractivity contribution in [1.29, 1.82) is 0 Å². The third-order valence-corrected chi connectivity index (χ3v) is 6.60. The number of aromatic nitrogens is 2. The lowest BCUT2D eigenvalue weighted by Crippen LogP contribution is -2.49. The number of aliphatic hydroxyl groups excluding tert-OH is 1. The number of hydrogen-bond acceptors (Lipinski definition) is 7. The zero-order valence-electron chi connectivity index (χ0n) is 19.6. The number of rotatable bonds is 5. The molecule has 2 saturated heterocycles. The van der Waals surface area contributed by atoms with Crippen LogP contribution >= 0.6 is 0 Å². The number of nitrogens with one attached hydrogen (secondary N) is 1. The Morgan fingerprint density at radius 3 is 2.54 bits per heavy atom. The van der Waals surface area contributed by atoms with Crippen LogP contribution in [0.2, 0.25) is 0 Å². The fourth-order valence-corrected chi connectivity index (χ4v) is 4.66. The zero-order chi connectivity index (χ0) is 25.2. The van der Waals surface area contributed by atoms with E-state index >= 15 is 0 Å². The molecular weight excluding hydrogens is 463 g/mol. The number of aliphatic hydroxyl groups is 1. The zero-order valence-corrected chi connectivity index (χ0v) is 19.6. The van der Waals surface area contributed by atoms with Crippen molar-refractivity contribution >= 4 is 11.7 Å². The van der Waals surface area contributed by atoms with Gasteiger partial charge in [-0.1, -0.05) is 0 Å². The van der Waals surface area contributed by atoms with E-state index < -0.39 is 17.5 Å². The van der Waals surface area contributed by atoms with Crippen LogP contribution in [0.4, 0.5) is 19.0 Å². The number of phenols is 1. The number of aryl methyl sites for hydroxylation is 1. The van der Waals surface area contributed by atoms with Crippen LogP contribution in [0.25, 0.3) is 11.3 Å². The molecule has 1 atom stereocenters. The van der Waals surface area contributed by atoms with Gasteiger partial charge in [0.25, 0.3) is 0 Å². The van der Waals surface area contributed by atoms with Crippen LogP contribution in [0.3, 0.4) is 0 Å². The molecule has 0 aliphatic carbocycles. The molecule has 2 aliphatic rings. The van der Waals surface area contributed by atoms with Gasteiger partial charge in [0.2, 0.25) is 5.91 Å². The molecule has 0 unspecified atom stereocenters.